The number of urea groups is 1. The maximum absolute atomic E-state index is 12.6. The Hall–Kier alpha value is -3.16. The van der Waals surface area contributed by atoms with Gasteiger partial charge in [0.1, 0.15) is 0 Å². The van der Waals surface area contributed by atoms with Crippen LogP contribution in [-0.2, 0) is 14.4 Å². The van der Waals surface area contributed by atoms with Gasteiger partial charge in [0.25, 0.3) is 0 Å². The van der Waals surface area contributed by atoms with E-state index in [4.69, 9.17) is 0 Å². The van der Waals surface area contributed by atoms with Crippen molar-refractivity contribution in [2.75, 3.05) is 17.2 Å². The molecule has 2 rings (SSSR count). The predicted molar refractivity (Wildman–Crippen MR) is 97.2 cm³/mol. The van der Waals surface area contributed by atoms with Gasteiger partial charge in [-0.1, -0.05) is 32.1 Å². The van der Waals surface area contributed by atoms with Crippen LogP contribution in [0, 0.1) is 5.92 Å². The lowest BCUT2D eigenvalue weighted by Gasteiger charge is -2.31. The summed E-state index contributed by atoms with van der Waals surface area (Å²) in [6.07, 6.45) is 1.45. The number of benzene rings is 1. The van der Waals surface area contributed by atoms with Crippen LogP contribution in [0.4, 0.5) is 16.2 Å². The number of anilines is 2. The Morgan fingerprint density at radius 3 is 2.38 bits per heavy atom. The number of carbonyl (C=O) groups is 4. The lowest BCUT2D eigenvalue weighted by Crippen LogP contribution is -2.58. The van der Waals surface area contributed by atoms with Gasteiger partial charge in [-0.3, -0.25) is 24.6 Å². The van der Waals surface area contributed by atoms with Crippen LogP contribution in [0.25, 0.3) is 0 Å². The summed E-state index contributed by atoms with van der Waals surface area (Å²) in [6.45, 7) is 7.34. The minimum atomic E-state index is -1.23. The summed E-state index contributed by atoms with van der Waals surface area (Å²) in [6, 6.07) is 6.12. The standard InChI is InChI=1S/C18H22N4O4/c1-4-5-10-22-17(25)15(16(24)21-18(22)26)11(2)19-13-8-6-7-9-14(13)20-12(3)23/h6-9,15,19H,2,4-5,10H2,1,3H3,(H,20,23)(H,21,24,26)/t15-/m1/s1. The van der Waals surface area contributed by atoms with Crippen LogP contribution in [0.5, 0.6) is 0 Å². The number of carbonyl (C=O) groups excluding carboxylic acids is 4. The summed E-state index contributed by atoms with van der Waals surface area (Å²) in [5.74, 6) is -2.81. The molecule has 1 atom stereocenters. The van der Waals surface area contributed by atoms with Gasteiger partial charge in [0, 0.05) is 19.2 Å². The maximum Gasteiger partial charge on any atom is 0.330 e. The van der Waals surface area contributed by atoms with Crippen LogP contribution >= 0.6 is 0 Å². The fourth-order valence-electron chi connectivity index (χ4n) is 2.58. The van der Waals surface area contributed by atoms with Gasteiger partial charge in [-0.15, -0.1) is 0 Å². The topological polar surface area (TPSA) is 108 Å². The van der Waals surface area contributed by atoms with Crippen molar-refractivity contribution in [2.45, 2.75) is 26.7 Å². The van der Waals surface area contributed by atoms with Gasteiger partial charge in [-0.25, -0.2) is 4.79 Å². The number of rotatable bonds is 7. The average Bonchev–Trinajstić information content (AvgIpc) is 2.55. The molecule has 0 unspecified atom stereocenters. The molecule has 1 saturated heterocycles. The fraction of sp³-hybridized carbons (Fsp3) is 0.333. The fourth-order valence-corrected chi connectivity index (χ4v) is 2.58. The molecule has 1 fully saturated rings. The molecule has 138 valence electrons. The number of nitrogens with one attached hydrogen (secondary N) is 3. The van der Waals surface area contributed by atoms with Gasteiger partial charge in [-0.05, 0) is 18.6 Å². The molecule has 5 amide bonds. The molecule has 0 aromatic heterocycles. The van der Waals surface area contributed by atoms with Crippen LogP contribution in [0.3, 0.4) is 0 Å². The smallest absolute Gasteiger partial charge is 0.330 e. The maximum atomic E-state index is 12.6. The van der Waals surface area contributed by atoms with Gasteiger partial charge in [0.2, 0.25) is 17.7 Å². The number of barbiturate groups is 1. The second kappa shape index (κ2) is 8.28. The zero-order valence-electron chi connectivity index (χ0n) is 14.8. The Kier molecular flexibility index (Phi) is 6.11. The summed E-state index contributed by atoms with van der Waals surface area (Å²) < 4.78 is 0. The number of para-hydroxylation sites is 2. The molecule has 0 spiro atoms. The first kappa shape index (κ1) is 19.2. The summed E-state index contributed by atoms with van der Waals surface area (Å²) >= 11 is 0. The number of amides is 5. The van der Waals surface area contributed by atoms with Crippen molar-refractivity contribution >= 4 is 35.1 Å². The highest BCUT2D eigenvalue weighted by Gasteiger charge is 2.41. The normalized spacial score (nSPS) is 16.9. The predicted octanol–water partition coefficient (Wildman–Crippen LogP) is 2.07. The number of nitrogens with zero attached hydrogens (tertiary/aromatic N) is 1. The van der Waals surface area contributed by atoms with E-state index in [0.29, 0.717) is 17.8 Å². The van der Waals surface area contributed by atoms with E-state index in [1.54, 1.807) is 24.3 Å². The molecule has 1 aliphatic heterocycles. The first-order valence-electron chi connectivity index (χ1n) is 8.33. The van der Waals surface area contributed by atoms with E-state index in [1.165, 1.54) is 6.92 Å². The summed E-state index contributed by atoms with van der Waals surface area (Å²) in [5, 5.41) is 7.75. The quantitative estimate of drug-likeness (QED) is 0.647. The molecule has 1 aromatic carbocycles. The van der Waals surface area contributed by atoms with Crippen LogP contribution in [0.2, 0.25) is 0 Å². The Morgan fingerprint density at radius 1 is 1.19 bits per heavy atom. The van der Waals surface area contributed by atoms with E-state index < -0.39 is 23.8 Å². The van der Waals surface area contributed by atoms with Gasteiger partial charge in [0.05, 0.1) is 11.4 Å². The number of unbranched alkanes of at least 4 members (excludes halogenated alkanes) is 1. The molecule has 1 aromatic rings. The molecule has 0 bridgehead atoms. The molecule has 0 saturated carbocycles. The van der Waals surface area contributed by atoms with Crippen molar-refractivity contribution < 1.29 is 19.2 Å². The Bertz CT molecular complexity index is 759. The summed E-state index contributed by atoms with van der Waals surface area (Å²) in [4.78, 5) is 49.0. The van der Waals surface area contributed by atoms with Crippen LogP contribution in [0.15, 0.2) is 36.5 Å². The molecule has 8 heteroatoms. The monoisotopic (exact) mass is 358 g/mol. The van der Waals surface area contributed by atoms with E-state index in [-0.39, 0.29) is 18.1 Å². The summed E-state index contributed by atoms with van der Waals surface area (Å²) in [7, 11) is 0. The van der Waals surface area contributed by atoms with Crippen LogP contribution in [0.1, 0.15) is 26.7 Å². The Balaban J connectivity index is 2.20. The van der Waals surface area contributed by atoms with Crippen molar-refractivity contribution in [3.8, 4) is 0 Å². The molecule has 3 N–H and O–H groups in total. The third kappa shape index (κ3) is 4.27. The molecule has 0 aliphatic carbocycles. The van der Waals surface area contributed by atoms with E-state index in [1.807, 2.05) is 6.92 Å². The van der Waals surface area contributed by atoms with E-state index >= 15 is 0 Å². The third-order valence-corrected chi connectivity index (χ3v) is 3.87. The van der Waals surface area contributed by atoms with Crippen LogP contribution < -0.4 is 16.0 Å². The lowest BCUT2D eigenvalue weighted by molar-refractivity contribution is -0.140. The van der Waals surface area contributed by atoms with Gasteiger partial charge in [-0.2, -0.15) is 0 Å². The highest BCUT2D eigenvalue weighted by molar-refractivity contribution is 6.18. The molecule has 26 heavy (non-hydrogen) atoms. The Labute approximate surface area is 151 Å². The highest BCUT2D eigenvalue weighted by Crippen LogP contribution is 2.26. The average molecular weight is 358 g/mol. The van der Waals surface area contributed by atoms with E-state index in [9.17, 15) is 19.2 Å². The lowest BCUT2D eigenvalue weighted by atomic mass is 10.0. The van der Waals surface area contributed by atoms with Crippen molar-refractivity contribution in [1.82, 2.24) is 10.2 Å². The van der Waals surface area contributed by atoms with Crippen molar-refractivity contribution in [1.29, 1.82) is 0 Å². The largest absolute Gasteiger partial charge is 0.357 e. The molecular weight excluding hydrogens is 336 g/mol. The minimum Gasteiger partial charge on any atom is -0.357 e. The van der Waals surface area contributed by atoms with Crippen LogP contribution in [-0.4, -0.2) is 35.2 Å². The molecule has 1 heterocycles. The van der Waals surface area contributed by atoms with Crippen molar-refractivity contribution in [3.63, 3.8) is 0 Å². The molecule has 0 radical (unpaired) electrons. The van der Waals surface area contributed by atoms with Crippen molar-refractivity contribution in [2.24, 2.45) is 5.92 Å². The summed E-state index contributed by atoms with van der Waals surface area (Å²) in [5.41, 5.74) is 1.10. The SMILES string of the molecule is C=C(Nc1ccccc1NC(C)=O)[C@@H]1C(=O)NC(=O)N(CCCC)C1=O. The molecule has 1 aliphatic rings. The third-order valence-electron chi connectivity index (χ3n) is 3.87. The second-order valence-corrected chi connectivity index (χ2v) is 5.95. The van der Waals surface area contributed by atoms with E-state index in [0.717, 1.165) is 11.3 Å². The Morgan fingerprint density at radius 2 is 1.81 bits per heavy atom. The van der Waals surface area contributed by atoms with Gasteiger partial charge < -0.3 is 10.6 Å². The zero-order chi connectivity index (χ0) is 19.3. The second-order valence-electron chi connectivity index (χ2n) is 5.95. The first-order valence-corrected chi connectivity index (χ1v) is 8.33. The number of imide groups is 2. The van der Waals surface area contributed by atoms with Crippen molar-refractivity contribution in [3.05, 3.63) is 36.5 Å². The minimum absolute atomic E-state index is 0.124. The van der Waals surface area contributed by atoms with Gasteiger partial charge in [0.15, 0.2) is 5.92 Å². The zero-order valence-corrected chi connectivity index (χ0v) is 14.8. The van der Waals surface area contributed by atoms with Gasteiger partial charge >= 0.3 is 6.03 Å². The molecular formula is C18H22N4O4. The first-order chi connectivity index (χ1) is 12.3. The molecule has 8 nitrogen and oxygen atoms in total. The number of hydrogen-bond acceptors (Lipinski definition) is 5. The van der Waals surface area contributed by atoms with E-state index in [2.05, 4.69) is 22.5 Å². The number of hydrogen-bond donors (Lipinski definition) is 3. The highest BCUT2D eigenvalue weighted by atomic mass is 16.2.